The van der Waals surface area contributed by atoms with Crippen LogP contribution in [0.4, 0.5) is 4.39 Å². The molecule has 0 fully saturated rings. The van der Waals surface area contributed by atoms with Crippen molar-refractivity contribution in [1.29, 1.82) is 0 Å². The fraction of sp³-hybridized carbons (Fsp3) is 0.200. The van der Waals surface area contributed by atoms with Crippen molar-refractivity contribution in [2.45, 2.75) is 13.0 Å². The van der Waals surface area contributed by atoms with Crippen LogP contribution in [0.25, 0.3) is 0 Å². The Bertz CT molecular complexity index is 355. The summed E-state index contributed by atoms with van der Waals surface area (Å²) in [6.45, 7) is 5.26. The van der Waals surface area contributed by atoms with Crippen LogP contribution in [0, 0.1) is 5.82 Å². The molecule has 3 nitrogen and oxygen atoms in total. The van der Waals surface area contributed by atoms with Gasteiger partial charge in [0.15, 0.2) is 0 Å². The summed E-state index contributed by atoms with van der Waals surface area (Å²) in [4.78, 5) is 0. The van der Waals surface area contributed by atoms with Gasteiger partial charge in [0.05, 0.1) is 0 Å². The third-order valence-electron chi connectivity index (χ3n) is 1.85. The van der Waals surface area contributed by atoms with E-state index in [4.69, 9.17) is 14.8 Å². The maximum Gasteiger partial charge on any atom is 0.488 e. The lowest BCUT2D eigenvalue weighted by atomic mass is 9.80. The van der Waals surface area contributed by atoms with E-state index < -0.39 is 12.9 Å². The van der Waals surface area contributed by atoms with Gasteiger partial charge in [-0.1, -0.05) is 12.7 Å². The lowest BCUT2D eigenvalue weighted by Crippen LogP contribution is -2.30. The molecule has 0 aliphatic heterocycles. The van der Waals surface area contributed by atoms with Gasteiger partial charge in [-0.2, -0.15) is 0 Å². The van der Waals surface area contributed by atoms with E-state index in [1.807, 2.05) is 0 Å². The van der Waals surface area contributed by atoms with E-state index in [9.17, 15) is 4.39 Å². The average molecular weight is 210 g/mol. The maximum atomic E-state index is 13.0. The standard InChI is InChI=1S/C10H12BFO3/c1-3-7(2)15-10-5-8(11(13)14)4-9(12)6-10/h3-7,13-14H,1H2,2H3. The van der Waals surface area contributed by atoms with Gasteiger partial charge in [-0.25, -0.2) is 4.39 Å². The zero-order valence-corrected chi connectivity index (χ0v) is 8.35. The van der Waals surface area contributed by atoms with Gasteiger partial charge in [0.25, 0.3) is 0 Å². The highest BCUT2D eigenvalue weighted by Gasteiger charge is 2.14. The van der Waals surface area contributed by atoms with E-state index in [1.54, 1.807) is 13.0 Å². The van der Waals surface area contributed by atoms with Crippen LogP contribution in [0.2, 0.25) is 0 Å². The molecule has 0 spiro atoms. The summed E-state index contributed by atoms with van der Waals surface area (Å²) in [5, 5.41) is 17.8. The Morgan fingerprint density at radius 3 is 2.67 bits per heavy atom. The predicted octanol–water partition coefficient (Wildman–Crippen LogP) is 0.459. The molecule has 5 heteroatoms. The van der Waals surface area contributed by atoms with Gasteiger partial charge in [0, 0.05) is 6.07 Å². The molecule has 0 aliphatic rings. The molecule has 1 rings (SSSR count). The third-order valence-corrected chi connectivity index (χ3v) is 1.85. The van der Waals surface area contributed by atoms with Crippen molar-refractivity contribution in [2.24, 2.45) is 0 Å². The second kappa shape index (κ2) is 4.95. The molecule has 0 bridgehead atoms. The Balaban J connectivity index is 2.93. The number of halogens is 1. The van der Waals surface area contributed by atoms with Crippen molar-refractivity contribution in [1.82, 2.24) is 0 Å². The number of hydrogen-bond donors (Lipinski definition) is 2. The van der Waals surface area contributed by atoms with E-state index in [1.165, 1.54) is 12.1 Å². The Hall–Kier alpha value is -1.33. The Kier molecular flexibility index (Phi) is 3.88. The topological polar surface area (TPSA) is 49.7 Å². The summed E-state index contributed by atoms with van der Waals surface area (Å²) < 4.78 is 18.3. The van der Waals surface area contributed by atoms with Gasteiger partial charge in [-0.15, -0.1) is 0 Å². The number of ether oxygens (including phenoxy) is 1. The monoisotopic (exact) mass is 210 g/mol. The quantitative estimate of drug-likeness (QED) is 0.560. The third kappa shape index (κ3) is 3.38. The highest BCUT2D eigenvalue weighted by molar-refractivity contribution is 6.58. The van der Waals surface area contributed by atoms with E-state index in [0.717, 1.165) is 6.07 Å². The second-order valence-corrected chi connectivity index (χ2v) is 3.15. The normalized spacial score (nSPS) is 12.0. The number of benzene rings is 1. The predicted molar refractivity (Wildman–Crippen MR) is 56.5 cm³/mol. The molecular weight excluding hydrogens is 198 g/mol. The van der Waals surface area contributed by atoms with Crippen LogP contribution >= 0.6 is 0 Å². The summed E-state index contributed by atoms with van der Waals surface area (Å²) in [6, 6.07) is 3.58. The van der Waals surface area contributed by atoms with Gasteiger partial charge >= 0.3 is 7.12 Å². The average Bonchev–Trinajstić information content (AvgIpc) is 2.16. The minimum absolute atomic E-state index is 0.0567. The largest absolute Gasteiger partial charge is 0.488 e. The molecule has 1 atom stereocenters. The smallest absolute Gasteiger partial charge is 0.487 e. The van der Waals surface area contributed by atoms with Crippen molar-refractivity contribution in [3.8, 4) is 5.75 Å². The summed E-state index contributed by atoms with van der Waals surface area (Å²) in [7, 11) is -1.71. The Morgan fingerprint density at radius 2 is 2.13 bits per heavy atom. The molecule has 0 radical (unpaired) electrons. The van der Waals surface area contributed by atoms with Crippen LogP contribution in [-0.2, 0) is 0 Å². The van der Waals surface area contributed by atoms with Crippen molar-refractivity contribution in [2.75, 3.05) is 0 Å². The van der Waals surface area contributed by atoms with Gasteiger partial charge < -0.3 is 14.8 Å². The molecule has 80 valence electrons. The summed E-state index contributed by atoms with van der Waals surface area (Å²) in [5.74, 6) is -0.336. The van der Waals surface area contributed by atoms with E-state index in [-0.39, 0.29) is 17.3 Å². The first kappa shape index (κ1) is 11.7. The first-order valence-electron chi connectivity index (χ1n) is 4.48. The fourth-order valence-electron chi connectivity index (χ4n) is 1.06. The minimum Gasteiger partial charge on any atom is -0.487 e. The van der Waals surface area contributed by atoms with Crippen LogP contribution in [0.5, 0.6) is 5.75 Å². The van der Waals surface area contributed by atoms with E-state index >= 15 is 0 Å². The van der Waals surface area contributed by atoms with Gasteiger partial charge in [-0.05, 0) is 24.5 Å². The lowest BCUT2D eigenvalue weighted by Gasteiger charge is -2.11. The van der Waals surface area contributed by atoms with E-state index in [2.05, 4.69) is 6.58 Å². The van der Waals surface area contributed by atoms with E-state index in [0.29, 0.717) is 0 Å². The molecule has 15 heavy (non-hydrogen) atoms. The zero-order chi connectivity index (χ0) is 11.4. The van der Waals surface area contributed by atoms with Crippen LogP contribution < -0.4 is 10.2 Å². The molecule has 0 heterocycles. The number of rotatable bonds is 4. The zero-order valence-electron chi connectivity index (χ0n) is 8.35. The second-order valence-electron chi connectivity index (χ2n) is 3.15. The van der Waals surface area contributed by atoms with Crippen LogP contribution in [0.15, 0.2) is 30.9 Å². The van der Waals surface area contributed by atoms with Gasteiger partial charge in [-0.3, -0.25) is 0 Å². The van der Waals surface area contributed by atoms with Crippen molar-refractivity contribution < 1.29 is 19.2 Å². The molecule has 0 aromatic heterocycles. The SMILES string of the molecule is C=CC(C)Oc1cc(F)cc(B(O)O)c1. The summed E-state index contributed by atoms with van der Waals surface area (Å²) in [5.41, 5.74) is 0.0567. The highest BCUT2D eigenvalue weighted by Crippen LogP contribution is 2.13. The Labute approximate surface area is 88.0 Å². The van der Waals surface area contributed by atoms with Crippen LogP contribution in [0.3, 0.4) is 0 Å². The molecular formula is C10H12BFO3. The first-order valence-corrected chi connectivity index (χ1v) is 4.48. The van der Waals surface area contributed by atoms with Crippen molar-refractivity contribution in [3.05, 3.63) is 36.7 Å². The van der Waals surface area contributed by atoms with Crippen LogP contribution in [0.1, 0.15) is 6.92 Å². The summed E-state index contributed by atoms with van der Waals surface area (Å²) in [6.07, 6.45) is 1.29. The first-order chi connectivity index (χ1) is 7.02. The summed E-state index contributed by atoms with van der Waals surface area (Å²) >= 11 is 0. The molecule has 1 aromatic carbocycles. The van der Waals surface area contributed by atoms with Crippen molar-refractivity contribution in [3.63, 3.8) is 0 Å². The minimum atomic E-state index is -1.71. The molecule has 1 unspecified atom stereocenters. The molecule has 2 N–H and O–H groups in total. The number of hydrogen-bond acceptors (Lipinski definition) is 3. The molecule has 1 aromatic rings. The lowest BCUT2D eigenvalue weighted by molar-refractivity contribution is 0.269. The maximum absolute atomic E-state index is 13.0. The fourth-order valence-corrected chi connectivity index (χ4v) is 1.06. The molecule has 0 aliphatic carbocycles. The Morgan fingerprint density at radius 1 is 1.47 bits per heavy atom. The van der Waals surface area contributed by atoms with Gasteiger partial charge in [0.1, 0.15) is 17.7 Å². The highest BCUT2D eigenvalue weighted by atomic mass is 19.1. The van der Waals surface area contributed by atoms with Gasteiger partial charge in [0.2, 0.25) is 0 Å². The molecule has 0 amide bonds. The molecule has 0 saturated heterocycles. The van der Waals surface area contributed by atoms with Crippen molar-refractivity contribution >= 4 is 12.6 Å². The van der Waals surface area contributed by atoms with Crippen LogP contribution in [-0.4, -0.2) is 23.3 Å². The molecule has 0 saturated carbocycles.